The molecule has 6 heteroatoms. The van der Waals surface area contributed by atoms with Crippen molar-refractivity contribution in [2.75, 3.05) is 5.88 Å². The van der Waals surface area contributed by atoms with E-state index in [2.05, 4.69) is 15.2 Å². The monoisotopic (exact) mass is 235 g/mol. The van der Waals surface area contributed by atoms with Gasteiger partial charge < -0.3 is 4.55 Å². The maximum Gasteiger partial charge on any atom is 0.177 e. The molecule has 1 aromatic heterocycles. The molecule has 1 atom stereocenters. The molecule has 2 aromatic rings. The minimum absolute atomic E-state index is 0.215. The lowest BCUT2D eigenvalue weighted by atomic mass is 10.2. The van der Waals surface area contributed by atoms with E-state index < -0.39 is 11.1 Å². The molecule has 1 unspecified atom stereocenters. The molecule has 0 aliphatic rings. The van der Waals surface area contributed by atoms with E-state index in [9.17, 15) is 4.21 Å². The summed E-state index contributed by atoms with van der Waals surface area (Å²) in [7, 11) is 0. The molecule has 2 rings (SSSR count). The van der Waals surface area contributed by atoms with Crippen LogP contribution in [-0.4, -0.2) is 19.6 Å². The zero-order valence-corrected chi connectivity index (χ0v) is 9.09. The molecule has 1 aromatic carbocycles. The number of pyridine rings is 1. The molecule has 16 heavy (non-hydrogen) atoms. The first kappa shape index (κ1) is 10.8. The lowest BCUT2D eigenvalue weighted by Gasteiger charge is -1.96. The summed E-state index contributed by atoms with van der Waals surface area (Å²) in [5.74, 6) is -0.215. The van der Waals surface area contributed by atoms with Crippen molar-refractivity contribution in [1.82, 2.24) is 4.98 Å². The fourth-order valence-corrected chi connectivity index (χ4v) is 1.43. The van der Waals surface area contributed by atoms with Crippen molar-refractivity contribution in [3.8, 4) is 0 Å². The topological polar surface area (TPSA) is 74.9 Å². The standard InChI is InChI=1S/C10H9N3O2S/c14-16(15)7-12-13-9-5-8-3-1-2-4-10(8)11-6-9/h1-6H,7H2,(H,14,15). The Morgan fingerprint density at radius 3 is 3.00 bits per heavy atom. The molecule has 0 aliphatic carbocycles. The van der Waals surface area contributed by atoms with E-state index in [1.807, 2.05) is 30.3 Å². The summed E-state index contributed by atoms with van der Waals surface area (Å²) in [6.07, 6.45) is 1.58. The molecule has 1 N–H and O–H groups in total. The van der Waals surface area contributed by atoms with E-state index in [4.69, 9.17) is 4.55 Å². The number of hydrogen-bond donors (Lipinski definition) is 1. The van der Waals surface area contributed by atoms with Gasteiger partial charge in [0.2, 0.25) is 0 Å². The maximum absolute atomic E-state index is 10.3. The van der Waals surface area contributed by atoms with Crippen LogP contribution in [0.15, 0.2) is 46.8 Å². The summed E-state index contributed by atoms with van der Waals surface area (Å²) in [5.41, 5.74) is 1.45. The van der Waals surface area contributed by atoms with Gasteiger partial charge in [-0.1, -0.05) is 18.2 Å². The molecular formula is C10H9N3O2S. The Balaban J connectivity index is 2.26. The van der Waals surface area contributed by atoms with Crippen LogP contribution in [0.1, 0.15) is 0 Å². The Hall–Kier alpha value is -1.66. The molecule has 0 saturated heterocycles. The number of azo groups is 1. The lowest BCUT2D eigenvalue weighted by molar-refractivity contribution is 0.564. The van der Waals surface area contributed by atoms with Crippen LogP contribution in [-0.2, 0) is 11.1 Å². The molecule has 0 aliphatic heterocycles. The van der Waals surface area contributed by atoms with Gasteiger partial charge in [-0.15, -0.1) is 0 Å². The van der Waals surface area contributed by atoms with Crippen molar-refractivity contribution < 1.29 is 8.76 Å². The zero-order valence-electron chi connectivity index (χ0n) is 8.28. The van der Waals surface area contributed by atoms with Crippen molar-refractivity contribution in [3.05, 3.63) is 36.5 Å². The van der Waals surface area contributed by atoms with Crippen LogP contribution in [0.5, 0.6) is 0 Å². The summed E-state index contributed by atoms with van der Waals surface area (Å²) in [4.78, 5) is 4.19. The van der Waals surface area contributed by atoms with Crippen molar-refractivity contribution in [2.45, 2.75) is 0 Å². The van der Waals surface area contributed by atoms with Crippen molar-refractivity contribution in [3.63, 3.8) is 0 Å². The number of fused-ring (bicyclic) bond motifs is 1. The third-order valence-electron chi connectivity index (χ3n) is 1.93. The van der Waals surface area contributed by atoms with Gasteiger partial charge in [-0.3, -0.25) is 4.98 Å². The molecule has 1 heterocycles. The highest BCUT2D eigenvalue weighted by molar-refractivity contribution is 7.79. The van der Waals surface area contributed by atoms with E-state index >= 15 is 0 Å². The number of rotatable bonds is 3. The summed E-state index contributed by atoms with van der Waals surface area (Å²) in [5, 5.41) is 8.35. The molecule has 0 spiro atoms. The van der Waals surface area contributed by atoms with Crippen LogP contribution in [0.25, 0.3) is 10.9 Å². The molecule has 0 radical (unpaired) electrons. The van der Waals surface area contributed by atoms with Gasteiger partial charge in [0, 0.05) is 5.39 Å². The van der Waals surface area contributed by atoms with Crippen LogP contribution in [0.4, 0.5) is 5.69 Å². The highest BCUT2D eigenvalue weighted by Crippen LogP contribution is 2.18. The fraction of sp³-hybridized carbons (Fsp3) is 0.100. The first-order chi connectivity index (χ1) is 7.75. The summed E-state index contributed by atoms with van der Waals surface area (Å²) < 4.78 is 18.8. The average molecular weight is 235 g/mol. The smallest absolute Gasteiger partial charge is 0.177 e. The third-order valence-corrected chi connectivity index (χ3v) is 2.27. The second-order valence-electron chi connectivity index (χ2n) is 3.08. The number of para-hydroxylation sites is 1. The van der Waals surface area contributed by atoms with Gasteiger partial charge in [0.15, 0.2) is 17.0 Å². The molecule has 5 nitrogen and oxygen atoms in total. The number of nitrogens with zero attached hydrogens (tertiary/aromatic N) is 3. The van der Waals surface area contributed by atoms with Crippen LogP contribution in [0.3, 0.4) is 0 Å². The van der Waals surface area contributed by atoms with Crippen molar-refractivity contribution in [1.29, 1.82) is 0 Å². The van der Waals surface area contributed by atoms with Gasteiger partial charge in [0.25, 0.3) is 0 Å². The van der Waals surface area contributed by atoms with Crippen molar-refractivity contribution in [2.24, 2.45) is 10.2 Å². The Morgan fingerprint density at radius 2 is 2.19 bits per heavy atom. The number of aromatic nitrogens is 1. The normalized spacial score (nSPS) is 13.3. The second kappa shape index (κ2) is 4.91. The Kier molecular flexibility index (Phi) is 3.33. The summed E-state index contributed by atoms with van der Waals surface area (Å²) >= 11 is -1.95. The summed E-state index contributed by atoms with van der Waals surface area (Å²) in [6, 6.07) is 9.47. The van der Waals surface area contributed by atoms with Gasteiger partial charge in [-0.25, -0.2) is 4.21 Å². The molecule has 0 amide bonds. The molecule has 0 bridgehead atoms. The predicted octanol–water partition coefficient (Wildman–Crippen LogP) is 2.50. The second-order valence-corrected chi connectivity index (χ2v) is 3.98. The zero-order chi connectivity index (χ0) is 11.4. The SMILES string of the molecule is O=S(O)CN=Nc1cnc2ccccc2c1. The first-order valence-corrected chi connectivity index (χ1v) is 5.83. The van der Waals surface area contributed by atoms with Crippen LogP contribution >= 0.6 is 0 Å². The molecule has 0 fully saturated rings. The molecule has 0 saturated carbocycles. The minimum Gasteiger partial charge on any atom is -0.305 e. The molecule has 82 valence electrons. The number of hydrogen-bond acceptors (Lipinski definition) is 4. The van der Waals surface area contributed by atoms with Crippen LogP contribution < -0.4 is 0 Å². The highest BCUT2D eigenvalue weighted by atomic mass is 32.2. The average Bonchev–Trinajstić information content (AvgIpc) is 2.28. The fourth-order valence-electron chi connectivity index (χ4n) is 1.27. The lowest BCUT2D eigenvalue weighted by Crippen LogP contribution is -1.88. The Bertz CT molecular complexity index is 557. The third kappa shape index (κ3) is 2.68. The van der Waals surface area contributed by atoms with E-state index in [1.165, 1.54) is 0 Å². The van der Waals surface area contributed by atoms with E-state index in [0.29, 0.717) is 5.69 Å². The van der Waals surface area contributed by atoms with Gasteiger partial charge in [0.1, 0.15) is 5.69 Å². The van der Waals surface area contributed by atoms with Gasteiger partial charge in [-0.2, -0.15) is 10.2 Å². The Morgan fingerprint density at radius 1 is 1.38 bits per heavy atom. The van der Waals surface area contributed by atoms with E-state index in [1.54, 1.807) is 6.20 Å². The minimum atomic E-state index is -1.95. The first-order valence-electron chi connectivity index (χ1n) is 4.55. The van der Waals surface area contributed by atoms with Gasteiger partial charge >= 0.3 is 0 Å². The molecular weight excluding hydrogens is 226 g/mol. The Labute approximate surface area is 94.5 Å². The van der Waals surface area contributed by atoms with Gasteiger partial charge in [-0.05, 0) is 12.1 Å². The van der Waals surface area contributed by atoms with Gasteiger partial charge in [0.05, 0.1) is 11.7 Å². The largest absolute Gasteiger partial charge is 0.305 e. The van der Waals surface area contributed by atoms with Crippen LogP contribution in [0.2, 0.25) is 0 Å². The summed E-state index contributed by atoms with van der Waals surface area (Å²) in [6.45, 7) is 0. The number of benzene rings is 1. The van der Waals surface area contributed by atoms with E-state index in [-0.39, 0.29) is 5.88 Å². The predicted molar refractivity (Wildman–Crippen MR) is 61.9 cm³/mol. The quantitative estimate of drug-likeness (QED) is 0.656. The maximum atomic E-state index is 10.3. The van der Waals surface area contributed by atoms with E-state index in [0.717, 1.165) is 10.9 Å². The van der Waals surface area contributed by atoms with Crippen molar-refractivity contribution >= 4 is 27.7 Å². The van der Waals surface area contributed by atoms with Crippen LogP contribution in [0, 0.1) is 0 Å². The highest BCUT2D eigenvalue weighted by Gasteiger charge is 1.95.